The monoisotopic (exact) mass is 414 g/mol. The molecule has 1 aromatic carbocycles. The highest BCUT2D eigenvalue weighted by Crippen LogP contribution is 2.28. The Morgan fingerprint density at radius 3 is 2.35 bits per heavy atom. The number of para-hydroxylation sites is 2. The molecule has 2 heterocycles. The third kappa shape index (κ3) is 4.20. The van der Waals surface area contributed by atoms with Crippen molar-refractivity contribution in [2.75, 3.05) is 23.1 Å². The van der Waals surface area contributed by atoms with Crippen molar-refractivity contribution in [3.05, 3.63) is 46.7 Å². The molecule has 0 aliphatic carbocycles. The van der Waals surface area contributed by atoms with E-state index in [1.54, 1.807) is 29.2 Å². The summed E-state index contributed by atoms with van der Waals surface area (Å²) in [7, 11) is -4.01. The molecular formula is C16H16Cl2N4O3S. The summed E-state index contributed by atoms with van der Waals surface area (Å²) in [5, 5.41) is 2.60. The summed E-state index contributed by atoms with van der Waals surface area (Å²) in [6.07, 6.45) is 1.92. The van der Waals surface area contributed by atoms with Gasteiger partial charge in [-0.15, -0.1) is 0 Å². The van der Waals surface area contributed by atoms with Gasteiger partial charge in [0.15, 0.2) is 5.15 Å². The molecule has 0 spiro atoms. The number of sulfonamides is 1. The highest BCUT2D eigenvalue weighted by Gasteiger charge is 2.22. The average molecular weight is 415 g/mol. The van der Waals surface area contributed by atoms with Crippen molar-refractivity contribution in [3.63, 3.8) is 0 Å². The van der Waals surface area contributed by atoms with Crippen molar-refractivity contribution in [3.8, 4) is 0 Å². The molecule has 26 heavy (non-hydrogen) atoms. The molecule has 1 fully saturated rings. The number of benzene rings is 1. The van der Waals surface area contributed by atoms with Crippen LogP contribution in [0, 0.1) is 0 Å². The Balaban J connectivity index is 1.84. The van der Waals surface area contributed by atoms with Gasteiger partial charge >= 0.3 is 6.03 Å². The summed E-state index contributed by atoms with van der Waals surface area (Å²) < 4.78 is 27.7. The van der Waals surface area contributed by atoms with Gasteiger partial charge in [-0.05, 0) is 37.1 Å². The fourth-order valence-corrected chi connectivity index (χ4v) is 4.34. The Morgan fingerprint density at radius 2 is 1.69 bits per heavy atom. The van der Waals surface area contributed by atoms with Crippen molar-refractivity contribution >= 4 is 50.6 Å². The largest absolute Gasteiger partial charge is 0.325 e. The highest BCUT2D eigenvalue weighted by atomic mass is 35.5. The van der Waals surface area contributed by atoms with Gasteiger partial charge in [0.1, 0.15) is 10.0 Å². The smallest absolute Gasteiger partial charge is 0.321 e. The number of likely N-dealkylation sites (tertiary alicyclic amines) is 1. The van der Waals surface area contributed by atoms with Crippen LogP contribution >= 0.6 is 23.2 Å². The summed E-state index contributed by atoms with van der Waals surface area (Å²) in [6.45, 7) is 1.37. The standard InChI is InChI=1S/C16H16Cl2N4O3S/c17-14-8-7-13(15(18)20-14)26(24,25)21-12-6-2-1-5-11(12)19-16(23)22-9-3-4-10-22/h1-2,5-8,21H,3-4,9-10H2,(H,19,23). The number of nitrogens with one attached hydrogen (secondary N) is 2. The normalized spacial score (nSPS) is 14.3. The Kier molecular flexibility index (Phi) is 5.55. The number of rotatable bonds is 4. The van der Waals surface area contributed by atoms with E-state index in [0.717, 1.165) is 12.8 Å². The van der Waals surface area contributed by atoms with Crippen molar-refractivity contribution < 1.29 is 13.2 Å². The van der Waals surface area contributed by atoms with Gasteiger partial charge in [0.2, 0.25) is 0 Å². The van der Waals surface area contributed by atoms with Gasteiger partial charge in [-0.25, -0.2) is 18.2 Å². The minimum atomic E-state index is -4.01. The van der Waals surface area contributed by atoms with Crippen LogP contribution in [0.5, 0.6) is 0 Å². The second-order valence-electron chi connectivity index (χ2n) is 5.70. The molecule has 10 heteroatoms. The maximum atomic E-state index is 12.6. The number of aromatic nitrogens is 1. The number of hydrogen-bond acceptors (Lipinski definition) is 4. The number of pyridine rings is 1. The van der Waals surface area contributed by atoms with Gasteiger partial charge < -0.3 is 10.2 Å². The van der Waals surface area contributed by atoms with Crippen molar-refractivity contribution in [1.82, 2.24) is 9.88 Å². The van der Waals surface area contributed by atoms with E-state index in [2.05, 4.69) is 15.0 Å². The molecule has 0 atom stereocenters. The molecule has 1 saturated heterocycles. The van der Waals surface area contributed by atoms with Crippen LogP contribution in [-0.4, -0.2) is 37.4 Å². The van der Waals surface area contributed by atoms with Crippen LogP contribution in [0.4, 0.5) is 16.2 Å². The Hall–Kier alpha value is -2.03. The molecule has 0 bridgehead atoms. The van der Waals surface area contributed by atoms with E-state index in [4.69, 9.17) is 23.2 Å². The first-order valence-corrected chi connectivity index (χ1v) is 10.1. The predicted molar refractivity (Wildman–Crippen MR) is 101 cm³/mol. The molecule has 2 N–H and O–H groups in total. The lowest BCUT2D eigenvalue weighted by atomic mass is 10.3. The molecule has 0 radical (unpaired) electrons. The van der Waals surface area contributed by atoms with Crippen LogP contribution in [0.15, 0.2) is 41.3 Å². The van der Waals surface area contributed by atoms with Crippen LogP contribution in [0.3, 0.4) is 0 Å². The van der Waals surface area contributed by atoms with Gasteiger partial charge in [-0.2, -0.15) is 0 Å². The second-order valence-corrected chi connectivity index (χ2v) is 8.09. The Bertz CT molecular complexity index is 931. The van der Waals surface area contributed by atoms with E-state index >= 15 is 0 Å². The van der Waals surface area contributed by atoms with Gasteiger partial charge in [0.25, 0.3) is 10.0 Å². The lowest BCUT2D eigenvalue weighted by Crippen LogP contribution is -2.32. The van der Waals surface area contributed by atoms with E-state index in [1.807, 2.05) is 0 Å². The zero-order valence-electron chi connectivity index (χ0n) is 13.6. The molecule has 0 saturated carbocycles. The van der Waals surface area contributed by atoms with E-state index < -0.39 is 10.0 Å². The van der Waals surface area contributed by atoms with Crippen LogP contribution in [0.25, 0.3) is 0 Å². The molecular weight excluding hydrogens is 399 g/mol. The summed E-state index contributed by atoms with van der Waals surface area (Å²) in [5.74, 6) is 0. The van der Waals surface area contributed by atoms with Gasteiger partial charge in [-0.3, -0.25) is 4.72 Å². The summed E-state index contributed by atoms with van der Waals surface area (Å²) in [6, 6.07) is 8.87. The molecule has 0 unspecified atom stereocenters. The van der Waals surface area contributed by atoms with Crippen molar-refractivity contribution in [2.24, 2.45) is 0 Å². The zero-order chi connectivity index (χ0) is 18.7. The zero-order valence-corrected chi connectivity index (χ0v) is 15.9. The van der Waals surface area contributed by atoms with Gasteiger partial charge in [0, 0.05) is 13.1 Å². The Morgan fingerprint density at radius 1 is 1.04 bits per heavy atom. The summed E-state index contributed by atoms with van der Waals surface area (Å²) in [4.78, 5) is 17.5. The maximum Gasteiger partial charge on any atom is 0.321 e. The first-order valence-electron chi connectivity index (χ1n) is 7.86. The number of nitrogens with zero attached hydrogens (tertiary/aromatic N) is 2. The lowest BCUT2D eigenvalue weighted by Gasteiger charge is -2.18. The molecule has 2 aromatic rings. The lowest BCUT2D eigenvalue weighted by molar-refractivity contribution is 0.222. The third-order valence-corrected chi connectivity index (χ3v) is 5.88. The molecule has 138 valence electrons. The number of halogens is 2. The van der Waals surface area contributed by atoms with E-state index in [9.17, 15) is 13.2 Å². The molecule has 1 aliphatic heterocycles. The third-order valence-electron chi connectivity index (χ3n) is 3.88. The number of anilines is 2. The second kappa shape index (κ2) is 7.69. The molecule has 2 amide bonds. The molecule has 3 rings (SSSR count). The van der Waals surface area contributed by atoms with Crippen LogP contribution in [0.1, 0.15) is 12.8 Å². The minimum Gasteiger partial charge on any atom is -0.325 e. The number of carbonyl (C=O) groups is 1. The number of hydrogen-bond donors (Lipinski definition) is 2. The molecule has 1 aliphatic rings. The van der Waals surface area contributed by atoms with Crippen LogP contribution in [-0.2, 0) is 10.0 Å². The number of carbonyl (C=O) groups excluding carboxylic acids is 1. The summed E-state index contributed by atoms with van der Waals surface area (Å²) in [5.41, 5.74) is 0.581. The summed E-state index contributed by atoms with van der Waals surface area (Å²) >= 11 is 11.6. The van der Waals surface area contributed by atoms with Crippen LogP contribution < -0.4 is 10.0 Å². The number of urea groups is 1. The van der Waals surface area contributed by atoms with Gasteiger partial charge in [0.05, 0.1) is 11.4 Å². The molecule has 7 nitrogen and oxygen atoms in total. The fourth-order valence-electron chi connectivity index (χ4n) is 2.60. The van der Waals surface area contributed by atoms with E-state index in [0.29, 0.717) is 18.8 Å². The SMILES string of the molecule is O=C(Nc1ccccc1NS(=O)(=O)c1ccc(Cl)nc1Cl)N1CCCC1. The minimum absolute atomic E-state index is 0.0900. The number of amides is 2. The average Bonchev–Trinajstić information content (AvgIpc) is 3.10. The first kappa shape index (κ1) is 18.8. The van der Waals surface area contributed by atoms with Crippen molar-refractivity contribution in [2.45, 2.75) is 17.7 Å². The first-order chi connectivity index (χ1) is 12.4. The van der Waals surface area contributed by atoms with Gasteiger partial charge in [-0.1, -0.05) is 35.3 Å². The molecule has 1 aromatic heterocycles. The maximum absolute atomic E-state index is 12.6. The topological polar surface area (TPSA) is 91.4 Å². The predicted octanol–water partition coefficient (Wildman–Crippen LogP) is 3.82. The van der Waals surface area contributed by atoms with Crippen molar-refractivity contribution in [1.29, 1.82) is 0 Å². The van der Waals surface area contributed by atoms with E-state index in [-0.39, 0.29) is 26.9 Å². The highest BCUT2D eigenvalue weighted by molar-refractivity contribution is 7.92. The fraction of sp³-hybridized carbons (Fsp3) is 0.250. The van der Waals surface area contributed by atoms with E-state index in [1.165, 1.54) is 12.1 Å². The quantitative estimate of drug-likeness (QED) is 0.743. The van der Waals surface area contributed by atoms with Crippen LogP contribution in [0.2, 0.25) is 10.3 Å². The Labute approximate surface area is 161 Å².